The van der Waals surface area contributed by atoms with Gasteiger partial charge in [0.15, 0.2) is 0 Å². The number of sulfone groups is 1. The van der Waals surface area contributed by atoms with Crippen LogP contribution in [-0.4, -0.2) is 45.0 Å². The number of hydrogen-bond acceptors (Lipinski definition) is 7. The number of rotatable bonds is 5. The third-order valence-electron chi connectivity index (χ3n) is 7.95. The first-order valence-electron chi connectivity index (χ1n) is 12.3. The van der Waals surface area contributed by atoms with Gasteiger partial charge in [0.2, 0.25) is 19.9 Å². The van der Waals surface area contributed by atoms with Gasteiger partial charge >= 0.3 is 0 Å². The molecule has 2 aliphatic carbocycles. The van der Waals surface area contributed by atoms with E-state index in [9.17, 15) is 31.1 Å². The summed E-state index contributed by atoms with van der Waals surface area (Å²) in [4.78, 5) is 15.5. The molecule has 0 spiro atoms. The molecule has 9 nitrogen and oxygen atoms in total. The molecular weight excluding hydrogens is 533 g/mol. The Balaban J connectivity index is 1.41. The molecule has 2 aromatic carbocycles. The maximum atomic E-state index is 13.9. The first-order chi connectivity index (χ1) is 17.9. The highest BCUT2D eigenvalue weighted by Gasteiger charge is 2.56. The minimum absolute atomic E-state index is 0.0332. The number of benzene rings is 2. The summed E-state index contributed by atoms with van der Waals surface area (Å²) in [6, 6.07) is 9.70. The normalized spacial score (nSPS) is 27.5. The number of carbonyl (C=O) groups is 1. The molecule has 2 fully saturated rings. The van der Waals surface area contributed by atoms with Crippen molar-refractivity contribution in [1.29, 1.82) is 0 Å². The fourth-order valence-electron chi connectivity index (χ4n) is 6.52. The summed E-state index contributed by atoms with van der Waals surface area (Å²) >= 11 is 0. The number of amides is 1. The average Bonchev–Trinajstić information content (AvgIpc) is 3.45. The number of nitrogens with zero attached hydrogens (tertiary/aromatic N) is 1. The van der Waals surface area contributed by atoms with Crippen molar-refractivity contribution in [2.24, 2.45) is 17.8 Å². The van der Waals surface area contributed by atoms with Gasteiger partial charge in [0.1, 0.15) is 17.1 Å². The molecule has 2 aromatic rings. The third kappa shape index (κ3) is 4.15. The quantitative estimate of drug-likeness (QED) is 0.511. The average molecular weight is 560 g/mol. The van der Waals surface area contributed by atoms with E-state index in [0.29, 0.717) is 0 Å². The van der Waals surface area contributed by atoms with Crippen molar-refractivity contribution in [1.82, 2.24) is 4.90 Å². The highest BCUT2D eigenvalue weighted by Crippen LogP contribution is 2.56. The summed E-state index contributed by atoms with van der Waals surface area (Å²) in [5, 5.41) is 15.3. The van der Waals surface area contributed by atoms with E-state index < -0.39 is 25.8 Å². The number of aliphatic hydroxyl groups excluding tert-OH is 1. The highest BCUT2D eigenvalue weighted by molar-refractivity contribution is 7.94. The largest absolute Gasteiger partial charge is 0.511 e. The molecule has 4 aliphatic rings. The van der Waals surface area contributed by atoms with E-state index in [1.165, 1.54) is 30.3 Å². The van der Waals surface area contributed by atoms with Gasteiger partial charge in [-0.3, -0.25) is 9.52 Å². The molecule has 200 valence electrons. The van der Waals surface area contributed by atoms with Gasteiger partial charge in [-0.1, -0.05) is 12.1 Å². The number of fused-ring (bicyclic) bond motifs is 6. The number of aliphatic hydroxyl groups is 1. The van der Waals surface area contributed by atoms with Crippen molar-refractivity contribution in [3.05, 3.63) is 76.3 Å². The Morgan fingerprint density at radius 2 is 1.84 bits per heavy atom. The van der Waals surface area contributed by atoms with Crippen molar-refractivity contribution >= 4 is 37.1 Å². The lowest BCUT2D eigenvalue weighted by Crippen LogP contribution is -2.52. The van der Waals surface area contributed by atoms with Crippen molar-refractivity contribution in [2.75, 3.05) is 16.3 Å². The summed E-state index contributed by atoms with van der Waals surface area (Å²) in [5.74, 6) is -0.873. The van der Waals surface area contributed by atoms with Crippen LogP contribution in [0.3, 0.4) is 0 Å². The maximum Gasteiger partial charge on any atom is 0.260 e. The molecule has 6 rings (SSSR count). The third-order valence-corrected chi connectivity index (χ3v) is 10.1. The van der Waals surface area contributed by atoms with Crippen molar-refractivity contribution in [3.8, 4) is 0 Å². The maximum absolute atomic E-state index is 13.9. The molecule has 0 aromatic heterocycles. The zero-order valence-electron chi connectivity index (χ0n) is 20.4. The second-order valence-electron chi connectivity index (χ2n) is 10.5. The van der Waals surface area contributed by atoms with E-state index >= 15 is 0 Å². The predicted molar refractivity (Wildman–Crippen MR) is 139 cm³/mol. The highest BCUT2D eigenvalue weighted by atomic mass is 32.2. The molecule has 2 aliphatic heterocycles. The van der Waals surface area contributed by atoms with E-state index in [0.717, 1.165) is 36.5 Å². The first kappa shape index (κ1) is 24.9. The number of hydrogen-bond donors (Lipinski definition) is 3. The van der Waals surface area contributed by atoms with Crippen LogP contribution >= 0.6 is 0 Å². The van der Waals surface area contributed by atoms with Crippen molar-refractivity contribution in [2.45, 2.75) is 36.7 Å². The molecule has 12 heteroatoms. The van der Waals surface area contributed by atoms with Crippen LogP contribution in [0.2, 0.25) is 0 Å². The Labute approximate surface area is 220 Å². The lowest BCUT2D eigenvalue weighted by Gasteiger charge is -2.44. The summed E-state index contributed by atoms with van der Waals surface area (Å²) in [6.45, 7) is 0.206. The van der Waals surface area contributed by atoms with Crippen LogP contribution in [0.15, 0.2) is 69.8 Å². The van der Waals surface area contributed by atoms with E-state index in [1.807, 2.05) is 0 Å². The zero-order valence-corrected chi connectivity index (χ0v) is 22.0. The van der Waals surface area contributed by atoms with E-state index in [2.05, 4.69) is 10.0 Å². The lowest BCUT2D eigenvalue weighted by molar-refractivity contribution is -0.134. The van der Waals surface area contributed by atoms with Gasteiger partial charge < -0.3 is 15.3 Å². The van der Waals surface area contributed by atoms with Crippen LogP contribution in [0.4, 0.5) is 15.8 Å². The zero-order chi connectivity index (χ0) is 27.0. The second kappa shape index (κ2) is 8.57. The molecule has 1 amide bonds. The van der Waals surface area contributed by atoms with Gasteiger partial charge in [0, 0.05) is 24.2 Å². The first-order valence-corrected chi connectivity index (χ1v) is 15.7. The fourth-order valence-corrected chi connectivity index (χ4v) is 8.41. The SMILES string of the molecule is CS(=O)(=O)Nc1ccc2c(c1)S(=O)(=O)C=C(C1=C(O)[C@@H]3[C@H]4CC[C@H](C4)[C@@H]3N(Cc3ccc(F)cc3)C1=O)N2. The van der Waals surface area contributed by atoms with E-state index in [4.69, 9.17) is 0 Å². The van der Waals surface area contributed by atoms with Gasteiger partial charge in [0.05, 0.1) is 27.9 Å². The van der Waals surface area contributed by atoms with Crippen molar-refractivity contribution < 1.29 is 31.1 Å². The Bertz CT molecular complexity index is 1630. The minimum atomic E-state index is -4.10. The Kier molecular flexibility index (Phi) is 5.62. The number of carbonyl (C=O) groups excluding carboxylic acids is 1. The molecular formula is C26H26FN3O6S2. The van der Waals surface area contributed by atoms with E-state index in [1.54, 1.807) is 17.0 Å². The monoisotopic (exact) mass is 559 g/mol. The van der Waals surface area contributed by atoms with Crippen molar-refractivity contribution in [3.63, 3.8) is 0 Å². The Morgan fingerprint density at radius 3 is 2.55 bits per heavy atom. The molecule has 0 saturated heterocycles. The molecule has 2 bridgehead atoms. The summed E-state index contributed by atoms with van der Waals surface area (Å²) in [5.41, 5.74) is 0.855. The fraction of sp³-hybridized carbons (Fsp3) is 0.346. The molecule has 0 unspecified atom stereocenters. The topological polar surface area (TPSA) is 133 Å². The molecule has 2 heterocycles. The second-order valence-corrected chi connectivity index (χ2v) is 14.0. The van der Waals surface area contributed by atoms with Crippen LogP contribution in [0.25, 0.3) is 0 Å². The predicted octanol–water partition coefficient (Wildman–Crippen LogP) is 3.51. The van der Waals surface area contributed by atoms with Gasteiger partial charge in [0.25, 0.3) is 5.91 Å². The van der Waals surface area contributed by atoms with Gasteiger partial charge in [-0.2, -0.15) is 0 Å². The minimum Gasteiger partial charge on any atom is -0.511 e. The van der Waals surface area contributed by atoms with Gasteiger partial charge in [-0.05, 0) is 67.0 Å². The van der Waals surface area contributed by atoms with Crippen LogP contribution < -0.4 is 10.0 Å². The summed E-state index contributed by atoms with van der Waals surface area (Å²) in [6.07, 6.45) is 3.71. The van der Waals surface area contributed by atoms with Crippen LogP contribution in [0.5, 0.6) is 0 Å². The number of nitrogens with one attached hydrogen (secondary N) is 2. The number of halogens is 1. The number of sulfonamides is 1. The Morgan fingerprint density at radius 1 is 1.13 bits per heavy atom. The number of anilines is 2. The van der Waals surface area contributed by atoms with Crippen LogP contribution in [0, 0.1) is 23.6 Å². The molecule has 38 heavy (non-hydrogen) atoms. The van der Waals surface area contributed by atoms with Gasteiger partial charge in [-0.15, -0.1) is 0 Å². The van der Waals surface area contributed by atoms with Crippen LogP contribution in [-0.2, 0) is 31.2 Å². The Hall–Kier alpha value is -3.38. The molecule has 3 N–H and O–H groups in total. The molecule has 4 atom stereocenters. The van der Waals surface area contributed by atoms with E-state index in [-0.39, 0.29) is 69.5 Å². The van der Waals surface area contributed by atoms with Crippen LogP contribution in [0.1, 0.15) is 24.8 Å². The lowest BCUT2D eigenvalue weighted by atomic mass is 9.77. The summed E-state index contributed by atoms with van der Waals surface area (Å²) in [7, 11) is -7.72. The molecule has 0 radical (unpaired) electrons. The summed E-state index contributed by atoms with van der Waals surface area (Å²) < 4.78 is 65.5. The smallest absolute Gasteiger partial charge is 0.260 e. The van der Waals surface area contributed by atoms with Gasteiger partial charge in [-0.25, -0.2) is 21.2 Å². The molecule has 2 saturated carbocycles. The standard InChI is InChI=1S/C26H26FN3O6S2/c1-37(33,34)29-18-8-9-19-21(11-18)38(35,36)13-20(28-19)23-25(31)22-15-4-5-16(10-15)24(22)30(26(23)32)12-14-2-6-17(27)7-3-14/h2-3,6-9,11,13,15-16,22,24,28-29,31H,4-5,10,12H2,1H3/t15-,16+,22+,24-/m0/s1.